The van der Waals surface area contributed by atoms with Gasteiger partial charge in [-0.05, 0) is 37.4 Å². The third-order valence-electron chi connectivity index (χ3n) is 2.83. The van der Waals surface area contributed by atoms with Crippen LogP contribution in [0.15, 0.2) is 35.7 Å². The Hall–Kier alpha value is -2.14. The van der Waals surface area contributed by atoms with Crippen molar-refractivity contribution in [3.63, 3.8) is 0 Å². The summed E-state index contributed by atoms with van der Waals surface area (Å²) < 4.78 is 0. The highest BCUT2D eigenvalue weighted by atomic mass is 32.1. The van der Waals surface area contributed by atoms with Gasteiger partial charge in [0.15, 0.2) is 6.04 Å². The van der Waals surface area contributed by atoms with Gasteiger partial charge in [-0.3, -0.25) is 4.79 Å². The molecule has 4 nitrogen and oxygen atoms in total. The van der Waals surface area contributed by atoms with E-state index in [1.165, 1.54) is 11.3 Å². The third kappa shape index (κ3) is 3.24. The lowest BCUT2D eigenvalue weighted by atomic mass is 10.1. The van der Waals surface area contributed by atoms with Crippen molar-refractivity contribution in [2.75, 3.05) is 0 Å². The van der Waals surface area contributed by atoms with Crippen molar-refractivity contribution in [3.05, 3.63) is 57.3 Å². The van der Waals surface area contributed by atoms with Crippen LogP contribution in [0.2, 0.25) is 0 Å². The second-order valence-corrected chi connectivity index (χ2v) is 5.62. The summed E-state index contributed by atoms with van der Waals surface area (Å²) in [6.07, 6.45) is 0. The number of aryl methyl sites for hydroxylation is 2. The van der Waals surface area contributed by atoms with Gasteiger partial charge < -0.3 is 10.4 Å². The molecule has 0 aliphatic heterocycles. The molecule has 1 amide bonds. The number of carbonyl (C=O) groups is 2. The molecule has 0 aliphatic rings. The van der Waals surface area contributed by atoms with Crippen molar-refractivity contribution >= 4 is 23.2 Å². The van der Waals surface area contributed by atoms with Crippen LogP contribution in [0.3, 0.4) is 0 Å². The van der Waals surface area contributed by atoms with Crippen LogP contribution < -0.4 is 5.32 Å². The molecule has 2 rings (SSSR count). The zero-order chi connectivity index (χ0) is 14.7. The first-order valence-corrected chi connectivity index (χ1v) is 7.00. The average molecular weight is 289 g/mol. The molecule has 0 saturated heterocycles. The van der Waals surface area contributed by atoms with E-state index in [0.717, 1.165) is 11.1 Å². The molecule has 0 spiro atoms. The molecular formula is C15H15NO3S. The number of hydrogen-bond donors (Lipinski definition) is 2. The molecule has 20 heavy (non-hydrogen) atoms. The highest BCUT2D eigenvalue weighted by Crippen LogP contribution is 2.20. The molecule has 1 aromatic carbocycles. The first-order chi connectivity index (χ1) is 9.47. The summed E-state index contributed by atoms with van der Waals surface area (Å²) in [5.41, 5.74) is 2.42. The Bertz CT molecular complexity index is 614. The summed E-state index contributed by atoms with van der Waals surface area (Å²) in [5, 5.41) is 13.6. The number of carboxylic acids is 1. The predicted octanol–water partition coefficient (Wildman–Crippen LogP) is 2.92. The van der Waals surface area contributed by atoms with Crippen LogP contribution in [-0.4, -0.2) is 17.0 Å². The Kier molecular flexibility index (Phi) is 4.20. The zero-order valence-electron chi connectivity index (χ0n) is 11.2. The summed E-state index contributed by atoms with van der Waals surface area (Å²) in [5.74, 6) is -1.44. The van der Waals surface area contributed by atoms with Gasteiger partial charge in [0.25, 0.3) is 5.91 Å². The largest absolute Gasteiger partial charge is 0.479 e. The lowest BCUT2D eigenvalue weighted by molar-refractivity contribution is -0.139. The van der Waals surface area contributed by atoms with Gasteiger partial charge >= 0.3 is 5.97 Å². The molecule has 1 atom stereocenters. The SMILES string of the molecule is Cc1cc(C)cc(C(=O)NC(C(=O)O)c2cccs2)c1. The Labute approximate surface area is 121 Å². The monoisotopic (exact) mass is 289 g/mol. The van der Waals surface area contributed by atoms with E-state index >= 15 is 0 Å². The molecular weight excluding hydrogens is 274 g/mol. The number of amides is 1. The fourth-order valence-electron chi connectivity index (χ4n) is 2.03. The van der Waals surface area contributed by atoms with E-state index in [-0.39, 0.29) is 5.91 Å². The molecule has 0 bridgehead atoms. The molecule has 0 saturated carbocycles. The molecule has 1 heterocycles. The van der Waals surface area contributed by atoms with E-state index in [1.54, 1.807) is 29.6 Å². The van der Waals surface area contributed by atoms with Crippen molar-refractivity contribution in [2.45, 2.75) is 19.9 Å². The second kappa shape index (κ2) is 5.88. The lowest BCUT2D eigenvalue weighted by Crippen LogP contribution is -2.33. The summed E-state index contributed by atoms with van der Waals surface area (Å²) in [6.45, 7) is 3.80. The molecule has 2 N–H and O–H groups in total. The molecule has 5 heteroatoms. The number of carboxylic acid groups (broad SMARTS) is 1. The maximum Gasteiger partial charge on any atom is 0.331 e. The second-order valence-electron chi connectivity index (χ2n) is 4.64. The molecule has 0 fully saturated rings. The molecule has 1 unspecified atom stereocenters. The number of thiophene rings is 1. The predicted molar refractivity (Wildman–Crippen MR) is 78.1 cm³/mol. The summed E-state index contributed by atoms with van der Waals surface area (Å²) in [4.78, 5) is 24.1. The molecule has 1 aromatic heterocycles. The number of carbonyl (C=O) groups excluding carboxylic acids is 1. The molecule has 2 aromatic rings. The minimum atomic E-state index is -1.06. The van der Waals surface area contributed by atoms with Gasteiger partial charge in [-0.15, -0.1) is 11.3 Å². The highest BCUT2D eigenvalue weighted by Gasteiger charge is 2.23. The normalized spacial score (nSPS) is 11.9. The fourth-order valence-corrected chi connectivity index (χ4v) is 2.80. The van der Waals surface area contributed by atoms with Gasteiger partial charge in [0, 0.05) is 10.4 Å². The standard InChI is InChI=1S/C15H15NO3S/c1-9-6-10(2)8-11(7-9)14(17)16-13(15(18)19)12-4-3-5-20-12/h3-8,13H,1-2H3,(H,16,17)(H,18,19). The van der Waals surface area contributed by atoms with Crippen molar-refractivity contribution in [1.29, 1.82) is 0 Å². The van der Waals surface area contributed by atoms with E-state index in [2.05, 4.69) is 5.32 Å². The Morgan fingerprint density at radius 3 is 2.35 bits per heavy atom. The van der Waals surface area contributed by atoms with Crippen LogP contribution in [0.4, 0.5) is 0 Å². The van der Waals surface area contributed by atoms with Crippen molar-refractivity contribution in [3.8, 4) is 0 Å². The van der Waals surface area contributed by atoms with Gasteiger partial charge in [-0.1, -0.05) is 23.3 Å². The van der Waals surface area contributed by atoms with Crippen molar-refractivity contribution < 1.29 is 14.7 Å². The van der Waals surface area contributed by atoms with Gasteiger partial charge in [-0.2, -0.15) is 0 Å². The van der Waals surface area contributed by atoms with Gasteiger partial charge in [-0.25, -0.2) is 4.79 Å². The third-order valence-corrected chi connectivity index (χ3v) is 3.77. The van der Waals surface area contributed by atoms with E-state index < -0.39 is 12.0 Å². The molecule has 0 radical (unpaired) electrons. The summed E-state index contributed by atoms with van der Waals surface area (Å²) >= 11 is 1.31. The van der Waals surface area contributed by atoms with Crippen LogP contribution in [0.1, 0.15) is 32.4 Å². The van der Waals surface area contributed by atoms with Gasteiger partial charge in [0.1, 0.15) is 0 Å². The Balaban J connectivity index is 2.23. The molecule has 104 valence electrons. The zero-order valence-corrected chi connectivity index (χ0v) is 12.0. The van der Waals surface area contributed by atoms with E-state index in [1.807, 2.05) is 19.9 Å². The Morgan fingerprint density at radius 2 is 1.85 bits per heavy atom. The topological polar surface area (TPSA) is 66.4 Å². The van der Waals surface area contributed by atoms with Crippen LogP contribution in [0.25, 0.3) is 0 Å². The molecule has 0 aliphatic carbocycles. The summed E-state index contributed by atoms with van der Waals surface area (Å²) in [7, 11) is 0. The number of aliphatic carboxylic acids is 1. The van der Waals surface area contributed by atoms with E-state index in [9.17, 15) is 14.7 Å². The van der Waals surface area contributed by atoms with Crippen LogP contribution >= 0.6 is 11.3 Å². The van der Waals surface area contributed by atoms with Gasteiger partial charge in [0.05, 0.1) is 0 Å². The summed E-state index contributed by atoms with van der Waals surface area (Å²) in [6, 6.07) is 7.91. The van der Waals surface area contributed by atoms with Crippen molar-refractivity contribution in [2.24, 2.45) is 0 Å². The number of hydrogen-bond acceptors (Lipinski definition) is 3. The number of rotatable bonds is 4. The smallest absolute Gasteiger partial charge is 0.331 e. The Morgan fingerprint density at radius 1 is 1.20 bits per heavy atom. The van der Waals surface area contributed by atoms with Gasteiger partial charge in [0.2, 0.25) is 0 Å². The average Bonchev–Trinajstić information content (AvgIpc) is 2.87. The van der Waals surface area contributed by atoms with Crippen LogP contribution in [-0.2, 0) is 4.79 Å². The maximum atomic E-state index is 12.2. The maximum absolute atomic E-state index is 12.2. The quantitative estimate of drug-likeness (QED) is 0.909. The highest BCUT2D eigenvalue weighted by molar-refractivity contribution is 7.10. The minimum absolute atomic E-state index is 0.377. The minimum Gasteiger partial charge on any atom is -0.479 e. The first-order valence-electron chi connectivity index (χ1n) is 6.13. The van der Waals surface area contributed by atoms with Crippen molar-refractivity contribution in [1.82, 2.24) is 5.32 Å². The van der Waals surface area contributed by atoms with E-state index in [0.29, 0.717) is 10.4 Å². The van der Waals surface area contributed by atoms with E-state index in [4.69, 9.17) is 0 Å². The number of nitrogens with one attached hydrogen (secondary N) is 1. The fraction of sp³-hybridized carbons (Fsp3) is 0.200. The van der Waals surface area contributed by atoms with Crippen LogP contribution in [0, 0.1) is 13.8 Å². The first kappa shape index (κ1) is 14.3. The van der Waals surface area contributed by atoms with Crippen LogP contribution in [0.5, 0.6) is 0 Å². The number of benzene rings is 1. The lowest BCUT2D eigenvalue weighted by Gasteiger charge is -2.13.